The number of nitrogens with one attached hydrogen (secondary N) is 1. The summed E-state index contributed by atoms with van der Waals surface area (Å²) in [7, 11) is 0. The van der Waals surface area contributed by atoms with Crippen molar-refractivity contribution >= 4 is 47.0 Å². The van der Waals surface area contributed by atoms with Gasteiger partial charge >= 0.3 is 0 Å². The molecule has 0 bridgehead atoms. The number of rotatable bonds is 4. The molecule has 26 heavy (non-hydrogen) atoms. The molecule has 1 aliphatic rings. The van der Waals surface area contributed by atoms with E-state index >= 15 is 0 Å². The molecule has 2 amide bonds. The van der Waals surface area contributed by atoms with Crippen LogP contribution in [0.15, 0.2) is 24.3 Å². The number of benzene rings is 1. The third-order valence-corrected chi connectivity index (χ3v) is 4.55. The smallest absolute Gasteiger partial charge is 0.272 e. The second-order valence-electron chi connectivity index (χ2n) is 5.87. The van der Waals surface area contributed by atoms with E-state index in [1.165, 1.54) is 0 Å². The summed E-state index contributed by atoms with van der Waals surface area (Å²) in [6, 6.07) is 6.66. The van der Waals surface area contributed by atoms with Gasteiger partial charge in [0.25, 0.3) is 5.91 Å². The molecule has 0 saturated carbocycles. The first kappa shape index (κ1) is 18.4. The zero-order chi connectivity index (χ0) is 18.7. The highest BCUT2D eigenvalue weighted by Crippen LogP contribution is 2.28. The second kappa shape index (κ2) is 7.88. The Hall–Kier alpha value is -2.38. The lowest BCUT2D eigenvalue weighted by Gasteiger charge is -2.32. The topological polar surface area (TPSA) is 78.4 Å². The quantitative estimate of drug-likeness (QED) is 0.807. The number of carbonyl (C=O) groups excluding carboxylic acids is 2. The molecule has 0 radical (unpaired) electrons. The minimum atomic E-state index is -0.189. The van der Waals surface area contributed by atoms with Gasteiger partial charge in [-0.2, -0.15) is 0 Å². The highest BCUT2D eigenvalue weighted by Gasteiger charge is 2.23. The van der Waals surface area contributed by atoms with Crippen LogP contribution >= 0.6 is 23.2 Å². The van der Waals surface area contributed by atoms with Crippen molar-refractivity contribution in [2.24, 2.45) is 0 Å². The molecular weight excluding hydrogens is 377 g/mol. The van der Waals surface area contributed by atoms with Crippen molar-refractivity contribution in [3.8, 4) is 0 Å². The van der Waals surface area contributed by atoms with E-state index < -0.39 is 0 Å². The number of piperazine rings is 1. The number of aromatic nitrogens is 2. The standard InChI is InChI=1S/C17H17Cl2N5O2/c1-11-20-15(17(26)24-6-4-23(10-25)5-7-24)9-16(21-11)22-14-3-2-12(18)8-13(14)19/h2-3,8-10H,4-7H2,1H3,(H,20,21,22). The van der Waals surface area contributed by atoms with Crippen molar-refractivity contribution in [3.05, 3.63) is 45.8 Å². The summed E-state index contributed by atoms with van der Waals surface area (Å²) in [5.41, 5.74) is 0.928. The summed E-state index contributed by atoms with van der Waals surface area (Å²) in [5, 5.41) is 4.07. The van der Waals surface area contributed by atoms with Crippen LogP contribution in [0, 0.1) is 6.92 Å². The van der Waals surface area contributed by atoms with Crippen LogP contribution in [0.4, 0.5) is 11.5 Å². The van der Waals surface area contributed by atoms with Crippen LogP contribution in [0.5, 0.6) is 0 Å². The monoisotopic (exact) mass is 393 g/mol. The fraction of sp³-hybridized carbons (Fsp3) is 0.294. The predicted octanol–water partition coefficient (Wildman–Crippen LogP) is 2.75. The summed E-state index contributed by atoms with van der Waals surface area (Å²) in [6.45, 7) is 3.71. The van der Waals surface area contributed by atoms with Gasteiger partial charge in [-0.1, -0.05) is 23.2 Å². The van der Waals surface area contributed by atoms with Gasteiger partial charge < -0.3 is 15.1 Å². The van der Waals surface area contributed by atoms with Gasteiger partial charge in [0.05, 0.1) is 10.7 Å². The van der Waals surface area contributed by atoms with E-state index in [0.717, 1.165) is 6.41 Å². The molecule has 2 aromatic rings. The maximum absolute atomic E-state index is 12.7. The molecule has 0 atom stereocenters. The molecule has 1 aromatic carbocycles. The molecule has 2 heterocycles. The van der Waals surface area contributed by atoms with E-state index in [2.05, 4.69) is 15.3 Å². The zero-order valence-corrected chi connectivity index (χ0v) is 15.6. The number of carbonyl (C=O) groups is 2. The Morgan fingerprint density at radius 3 is 2.54 bits per heavy atom. The average molecular weight is 394 g/mol. The molecule has 3 rings (SSSR count). The Kier molecular flexibility index (Phi) is 5.58. The lowest BCUT2D eigenvalue weighted by atomic mass is 10.2. The average Bonchev–Trinajstić information content (AvgIpc) is 2.63. The molecule has 1 aromatic heterocycles. The van der Waals surface area contributed by atoms with Crippen molar-refractivity contribution in [2.45, 2.75) is 6.92 Å². The van der Waals surface area contributed by atoms with E-state index in [4.69, 9.17) is 23.2 Å². The van der Waals surface area contributed by atoms with Crippen LogP contribution in [0.3, 0.4) is 0 Å². The first-order valence-corrected chi connectivity index (χ1v) is 8.78. The van der Waals surface area contributed by atoms with Crippen LogP contribution in [0.2, 0.25) is 10.0 Å². The fourth-order valence-electron chi connectivity index (χ4n) is 2.66. The molecule has 136 valence electrons. The van der Waals surface area contributed by atoms with Crippen molar-refractivity contribution in [1.29, 1.82) is 0 Å². The number of nitrogens with zero attached hydrogens (tertiary/aromatic N) is 4. The van der Waals surface area contributed by atoms with Crippen molar-refractivity contribution < 1.29 is 9.59 Å². The van der Waals surface area contributed by atoms with Gasteiger partial charge in [0, 0.05) is 37.3 Å². The third-order valence-electron chi connectivity index (χ3n) is 4.00. The van der Waals surface area contributed by atoms with Crippen molar-refractivity contribution in [3.63, 3.8) is 0 Å². The molecular formula is C17H17Cl2N5O2. The van der Waals surface area contributed by atoms with Crippen molar-refractivity contribution in [1.82, 2.24) is 19.8 Å². The summed E-state index contributed by atoms with van der Waals surface area (Å²) >= 11 is 12.1. The molecule has 1 N–H and O–H groups in total. The first-order valence-electron chi connectivity index (χ1n) is 8.02. The fourth-order valence-corrected chi connectivity index (χ4v) is 3.12. The Labute approximate surface area is 160 Å². The van der Waals surface area contributed by atoms with Crippen LogP contribution in [-0.4, -0.2) is 58.3 Å². The molecule has 0 spiro atoms. The van der Waals surface area contributed by atoms with E-state index in [0.29, 0.717) is 59.2 Å². The van der Waals surface area contributed by atoms with Gasteiger partial charge in [0.2, 0.25) is 6.41 Å². The van der Waals surface area contributed by atoms with Crippen LogP contribution in [-0.2, 0) is 4.79 Å². The first-order chi connectivity index (χ1) is 12.5. The van der Waals surface area contributed by atoms with Gasteiger partial charge in [0.1, 0.15) is 17.3 Å². The zero-order valence-electron chi connectivity index (χ0n) is 14.1. The molecule has 7 nitrogen and oxygen atoms in total. The summed E-state index contributed by atoms with van der Waals surface area (Å²) < 4.78 is 0. The number of aryl methyl sites for hydroxylation is 1. The van der Waals surface area contributed by atoms with Crippen LogP contribution in [0.1, 0.15) is 16.3 Å². The van der Waals surface area contributed by atoms with Crippen LogP contribution in [0.25, 0.3) is 0 Å². The molecule has 1 saturated heterocycles. The molecule has 1 aliphatic heterocycles. The Balaban J connectivity index is 1.79. The largest absolute Gasteiger partial charge is 0.342 e. The number of hydrogen-bond acceptors (Lipinski definition) is 5. The Bertz CT molecular complexity index is 838. The number of halogens is 2. The predicted molar refractivity (Wildman–Crippen MR) is 100 cm³/mol. The van der Waals surface area contributed by atoms with E-state index in [1.807, 2.05) is 0 Å². The van der Waals surface area contributed by atoms with Gasteiger partial charge in [0.15, 0.2) is 0 Å². The lowest BCUT2D eigenvalue weighted by molar-refractivity contribution is -0.119. The van der Waals surface area contributed by atoms with Crippen molar-refractivity contribution in [2.75, 3.05) is 31.5 Å². The molecule has 9 heteroatoms. The number of anilines is 2. The van der Waals surface area contributed by atoms with E-state index in [9.17, 15) is 9.59 Å². The normalized spacial score (nSPS) is 14.3. The minimum absolute atomic E-state index is 0.189. The number of amides is 2. The van der Waals surface area contributed by atoms with Gasteiger partial charge in [-0.25, -0.2) is 9.97 Å². The third kappa shape index (κ3) is 4.23. The maximum Gasteiger partial charge on any atom is 0.272 e. The number of hydrogen-bond donors (Lipinski definition) is 1. The van der Waals surface area contributed by atoms with E-state index in [1.54, 1.807) is 41.0 Å². The van der Waals surface area contributed by atoms with Crippen LogP contribution < -0.4 is 5.32 Å². The van der Waals surface area contributed by atoms with Gasteiger partial charge in [-0.15, -0.1) is 0 Å². The summed E-state index contributed by atoms with van der Waals surface area (Å²) in [6.07, 6.45) is 0.800. The van der Waals surface area contributed by atoms with Gasteiger partial charge in [-0.05, 0) is 25.1 Å². The molecule has 1 fully saturated rings. The SMILES string of the molecule is Cc1nc(Nc2ccc(Cl)cc2Cl)cc(C(=O)N2CCN(C=O)CC2)n1. The Morgan fingerprint density at radius 2 is 1.88 bits per heavy atom. The summed E-state index contributed by atoms with van der Waals surface area (Å²) in [5.74, 6) is 0.748. The van der Waals surface area contributed by atoms with Gasteiger partial charge in [-0.3, -0.25) is 9.59 Å². The Morgan fingerprint density at radius 1 is 1.15 bits per heavy atom. The summed E-state index contributed by atoms with van der Waals surface area (Å²) in [4.78, 5) is 35.4. The lowest BCUT2D eigenvalue weighted by Crippen LogP contribution is -2.48. The maximum atomic E-state index is 12.7. The highest BCUT2D eigenvalue weighted by molar-refractivity contribution is 6.36. The molecule has 0 aliphatic carbocycles. The minimum Gasteiger partial charge on any atom is -0.342 e. The second-order valence-corrected chi connectivity index (χ2v) is 6.71. The highest BCUT2D eigenvalue weighted by atomic mass is 35.5. The van der Waals surface area contributed by atoms with E-state index in [-0.39, 0.29) is 5.91 Å². The molecule has 0 unspecified atom stereocenters.